The van der Waals surface area contributed by atoms with Gasteiger partial charge in [0.15, 0.2) is 0 Å². The predicted octanol–water partition coefficient (Wildman–Crippen LogP) is 4.26. The molecule has 0 bridgehead atoms. The third-order valence-electron chi connectivity index (χ3n) is 3.26. The van der Waals surface area contributed by atoms with Gasteiger partial charge in [0.2, 0.25) is 5.91 Å². The molecular weight excluding hydrogens is 258 g/mol. The Morgan fingerprint density at radius 3 is 2.42 bits per heavy atom. The minimum absolute atomic E-state index is 0.159. The standard InChI is InChI=1S/C16H24ClNO/c1-3-6-15(7-4-2)16(19)18-12-14-9-5-8-13(10-14)11-17/h5,8-10,15H,3-4,6-7,11-12H2,1-2H3,(H,18,19). The molecule has 0 heterocycles. The lowest BCUT2D eigenvalue weighted by atomic mass is 9.97. The molecule has 0 radical (unpaired) electrons. The number of benzene rings is 1. The number of nitrogens with one attached hydrogen (secondary N) is 1. The van der Waals surface area contributed by atoms with E-state index in [-0.39, 0.29) is 11.8 Å². The number of rotatable bonds is 8. The highest BCUT2D eigenvalue weighted by Gasteiger charge is 2.15. The van der Waals surface area contributed by atoms with Crippen LogP contribution in [0.4, 0.5) is 0 Å². The Bertz CT molecular complexity index is 386. The summed E-state index contributed by atoms with van der Waals surface area (Å²) in [5.74, 6) is 0.849. The Morgan fingerprint density at radius 1 is 1.21 bits per heavy atom. The molecule has 1 N–H and O–H groups in total. The number of carbonyl (C=O) groups excluding carboxylic acids is 1. The van der Waals surface area contributed by atoms with Gasteiger partial charge in [-0.05, 0) is 24.0 Å². The van der Waals surface area contributed by atoms with Crippen molar-refractivity contribution in [3.8, 4) is 0 Å². The molecule has 0 unspecified atom stereocenters. The van der Waals surface area contributed by atoms with Crippen LogP contribution in [0.25, 0.3) is 0 Å². The van der Waals surface area contributed by atoms with Gasteiger partial charge in [-0.15, -0.1) is 11.6 Å². The summed E-state index contributed by atoms with van der Waals surface area (Å²) in [4.78, 5) is 12.1. The van der Waals surface area contributed by atoms with E-state index in [9.17, 15) is 4.79 Å². The van der Waals surface area contributed by atoms with Gasteiger partial charge in [-0.1, -0.05) is 51.0 Å². The van der Waals surface area contributed by atoms with Crippen molar-refractivity contribution in [2.75, 3.05) is 0 Å². The van der Waals surface area contributed by atoms with Crippen molar-refractivity contribution in [1.82, 2.24) is 5.32 Å². The number of amides is 1. The summed E-state index contributed by atoms with van der Waals surface area (Å²) in [6.07, 6.45) is 4.06. The van der Waals surface area contributed by atoms with Crippen LogP contribution < -0.4 is 5.32 Å². The molecule has 0 spiro atoms. The van der Waals surface area contributed by atoms with E-state index in [0.717, 1.165) is 36.8 Å². The Morgan fingerprint density at radius 2 is 1.84 bits per heavy atom. The zero-order valence-corrected chi connectivity index (χ0v) is 12.7. The summed E-state index contributed by atoms with van der Waals surface area (Å²) in [5, 5.41) is 3.04. The van der Waals surface area contributed by atoms with Gasteiger partial charge in [0, 0.05) is 18.3 Å². The number of alkyl halides is 1. The first-order chi connectivity index (χ1) is 9.21. The topological polar surface area (TPSA) is 29.1 Å². The summed E-state index contributed by atoms with van der Waals surface area (Å²) in [6.45, 7) is 4.84. The fourth-order valence-electron chi connectivity index (χ4n) is 2.26. The predicted molar refractivity (Wildman–Crippen MR) is 81.2 cm³/mol. The van der Waals surface area contributed by atoms with Crippen LogP contribution in [-0.4, -0.2) is 5.91 Å². The Labute approximate surface area is 121 Å². The molecular formula is C16H24ClNO. The van der Waals surface area contributed by atoms with Gasteiger partial charge < -0.3 is 5.32 Å². The van der Waals surface area contributed by atoms with Crippen molar-refractivity contribution in [2.45, 2.75) is 52.0 Å². The van der Waals surface area contributed by atoms with E-state index in [4.69, 9.17) is 11.6 Å². The zero-order valence-electron chi connectivity index (χ0n) is 11.9. The minimum atomic E-state index is 0.159. The first-order valence-corrected chi connectivity index (χ1v) is 7.66. The minimum Gasteiger partial charge on any atom is -0.352 e. The first-order valence-electron chi connectivity index (χ1n) is 7.12. The monoisotopic (exact) mass is 281 g/mol. The van der Waals surface area contributed by atoms with Crippen LogP contribution >= 0.6 is 11.6 Å². The molecule has 1 aromatic rings. The molecule has 0 aliphatic rings. The van der Waals surface area contributed by atoms with Crippen molar-refractivity contribution >= 4 is 17.5 Å². The second-order valence-corrected chi connectivity index (χ2v) is 5.21. The Balaban J connectivity index is 2.51. The van der Waals surface area contributed by atoms with E-state index in [1.807, 2.05) is 24.3 Å². The van der Waals surface area contributed by atoms with Gasteiger partial charge >= 0.3 is 0 Å². The van der Waals surface area contributed by atoms with Crippen LogP contribution in [0.5, 0.6) is 0 Å². The molecule has 106 valence electrons. The quantitative estimate of drug-likeness (QED) is 0.709. The van der Waals surface area contributed by atoms with Crippen LogP contribution in [0.1, 0.15) is 50.7 Å². The SMILES string of the molecule is CCCC(CCC)C(=O)NCc1cccc(CCl)c1. The fraction of sp³-hybridized carbons (Fsp3) is 0.562. The molecule has 0 aliphatic carbocycles. The molecule has 0 atom stereocenters. The lowest BCUT2D eigenvalue weighted by Gasteiger charge is -2.15. The molecule has 0 aromatic heterocycles. The number of halogens is 1. The van der Waals surface area contributed by atoms with E-state index >= 15 is 0 Å². The van der Waals surface area contributed by atoms with Crippen LogP contribution in [0.15, 0.2) is 24.3 Å². The molecule has 1 rings (SSSR count). The summed E-state index contributed by atoms with van der Waals surface area (Å²) >= 11 is 5.81. The van der Waals surface area contributed by atoms with Crippen LogP contribution in [0.3, 0.4) is 0 Å². The molecule has 1 aromatic carbocycles. The van der Waals surface area contributed by atoms with Crippen molar-refractivity contribution in [1.29, 1.82) is 0 Å². The third-order valence-corrected chi connectivity index (χ3v) is 3.57. The second-order valence-electron chi connectivity index (χ2n) is 4.95. The lowest BCUT2D eigenvalue weighted by molar-refractivity contribution is -0.125. The largest absolute Gasteiger partial charge is 0.352 e. The average Bonchev–Trinajstić information content (AvgIpc) is 2.44. The number of hydrogen-bond donors (Lipinski definition) is 1. The Kier molecular flexibility index (Phi) is 7.57. The van der Waals surface area contributed by atoms with Crippen LogP contribution in [0, 0.1) is 5.92 Å². The van der Waals surface area contributed by atoms with Gasteiger partial charge in [0.05, 0.1) is 0 Å². The van der Waals surface area contributed by atoms with Gasteiger partial charge in [-0.2, -0.15) is 0 Å². The van der Waals surface area contributed by atoms with Crippen molar-refractivity contribution in [3.63, 3.8) is 0 Å². The summed E-state index contributed by atoms with van der Waals surface area (Å²) < 4.78 is 0. The maximum atomic E-state index is 12.1. The van der Waals surface area contributed by atoms with Crippen LogP contribution in [0.2, 0.25) is 0 Å². The molecule has 3 heteroatoms. The first kappa shape index (κ1) is 16.0. The number of hydrogen-bond acceptors (Lipinski definition) is 1. The number of carbonyl (C=O) groups is 1. The third kappa shape index (κ3) is 5.65. The van der Waals surface area contributed by atoms with E-state index < -0.39 is 0 Å². The normalized spacial score (nSPS) is 10.7. The van der Waals surface area contributed by atoms with Gasteiger partial charge in [-0.25, -0.2) is 0 Å². The van der Waals surface area contributed by atoms with E-state index in [1.165, 1.54) is 0 Å². The smallest absolute Gasteiger partial charge is 0.223 e. The van der Waals surface area contributed by atoms with E-state index in [2.05, 4.69) is 19.2 Å². The van der Waals surface area contributed by atoms with Crippen LogP contribution in [-0.2, 0) is 17.2 Å². The van der Waals surface area contributed by atoms with Gasteiger partial charge in [0.1, 0.15) is 0 Å². The highest BCUT2D eigenvalue weighted by molar-refractivity contribution is 6.17. The zero-order chi connectivity index (χ0) is 14.1. The van der Waals surface area contributed by atoms with Crippen molar-refractivity contribution in [2.24, 2.45) is 5.92 Å². The van der Waals surface area contributed by atoms with Gasteiger partial charge in [0.25, 0.3) is 0 Å². The maximum absolute atomic E-state index is 12.1. The average molecular weight is 282 g/mol. The van der Waals surface area contributed by atoms with Crippen molar-refractivity contribution in [3.05, 3.63) is 35.4 Å². The fourth-order valence-corrected chi connectivity index (χ4v) is 2.43. The summed E-state index contributed by atoms with van der Waals surface area (Å²) in [5.41, 5.74) is 2.20. The summed E-state index contributed by atoms with van der Waals surface area (Å²) in [7, 11) is 0. The second kappa shape index (κ2) is 8.98. The molecule has 1 amide bonds. The summed E-state index contributed by atoms with van der Waals surface area (Å²) in [6, 6.07) is 8.04. The van der Waals surface area contributed by atoms with Crippen molar-refractivity contribution < 1.29 is 4.79 Å². The molecule has 0 saturated heterocycles. The highest BCUT2D eigenvalue weighted by Crippen LogP contribution is 2.14. The Hall–Kier alpha value is -1.02. The van der Waals surface area contributed by atoms with Gasteiger partial charge in [-0.3, -0.25) is 4.79 Å². The van der Waals surface area contributed by atoms with E-state index in [1.54, 1.807) is 0 Å². The molecule has 19 heavy (non-hydrogen) atoms. The maximum Gasteiger partial charge on any atom is 0.223 e. The molecule has 0 fully saturated rings. The molecule has 2 nitrogen and oxygen atoms in total. The molecule has 0 aliphatic heterocycles. The lowest BCUT2D eigenvalue weighted by Crippen LogP contribution is -2.30. The molecule has 0 saturated carbocycles. The highest BCUT2D eigenvalue weighted by atomic mass is 35.5. The van der Waals surface area contributed by atoms with E-state index in [0.29, 0.717) is 12.4 Å².